The van der Waals surface area contributed by atoms with Crippen LogP contribution in [0, 0.1) is 0 Å². The van der Waals surface area contributed by atoms with E-state index in [0.29, 0.717) is 17.1 Å². The summed E-state index contributed by atoms with van der Waals surface area (Å²) in [6.45, 7) is -0.457. The Morgan fingerprint density at radius 2 is 1.38 bits per heavy atom. The summed E-state index contributed by atoms with van der Waals surface area (Å²) in [4.78, 5) is 35.0. The Morgan fingerprint density at radius 3 is 1.86 bits per heavy atom. The number of carboxylic acids is 1. The maximum absolute atomic E-state index is 12.3. The molecule has 29 heavy (non-hydrogen) atoms. The SMILES string of the molecule is O=C(O)COc1ccc(NC(=O)c2nnc(C(=O)Nc3ccc(Br)cc3)s2)cc1. The van der Waals surface area contributed by atoms with Crippen LogP contribution < -0.4 is 15.4 Å². The smallest absolute Gasteiger partial charge is 0.341 e. The van der Waals surface area contributed by atoms with Crippen LogP contribution in [-0.4, -0.2) is 39.7 Å². The van der Waals surface area contributed by atoms with Gasteiger partial charge < -0.3 is 20.5 Å². The molecule has 9 nitrogen and oxygen atoms in total. The van der Waals surface area contributed by atoms with Gasteiger partial charge in [-0.25, -0.2) is 4.79 Å². The van der Waals surface area contributed by atoms with Gasteiger partial charge in [0.15, 0.2) is 6.61 Å². The fraction of sp³-hybridized carbons (Fsp3) is 0.0556. The van der Waals surface area contributed by atoms with Gasteiger partial charge in [0.2, 0.25) is 10.0 Å². The van der Waals surface area contributed by atoms with Crippen LogP contribution in [0.4, 0.5) is 11.4 Å². The number of rotatable bonds is 7. The molecule has 0 aliphatic rings. The van der Waals surface area contributed by atoms with Crippen LogP contribution in [0.2, 0.25) is 0 Å². The van der Waals surface area contributed by atoms with Crippen LogP contribution in [0.15, 0.2) is 53.0 Å². The summed E-state index contributed by atoms with van der Waals surface area (Å²) in [5.41, 5.74) is 1.04. The predicted molar refractivity (Wildman–Crippen MR) is 110 cm³/mol. The molecule has 2 amide bonds. The fourth-order valence-corrected chi connectivity index (χ4v) is 2.99. The molecule has 148 valence electrons. The molecule has 0 aliphatic carbocycles. The number of benzene rings is 2. The molecule has 11 heteroatoms. The van der Waals surface area contributed by atoms with E-state index >= 15 is 0 Å². The lowest BCUT2D eigenvalue weighted by molar-refractivity contribution is -0.139. The number of carbonyl (C=O) groups excluding carboxylic acids is 2. The predicted octanol–water partition coefficient (Wildman–Crippen LogP) is 3.27. The molecule has 0 fully saturated rings. The van der Waals surface area contributed by atoms with Crippen molar-refractivity contribution in [1.29, 1.82) is 0 Å². The van der Waals surface area contributed by atoms with Gasteiger partial charge in [-0.3, -0.25) is 9.59 Å². The van der Waals surface area contributed by atoms with Crippen molar-refractivity contribution in [1.82, 2.24) is 10.2 Å². The second-order valence-corrected chi connectivity index (χ2v) is 7.43. The van der Waals surface area contributed by atoms with Crippen molar-refractivity contribution in [3.63, 3.8) is 0 Å². The van der Waals surface area contributed by atoms with Gasteiger partial charge in [0.25, 0.3) is 11.8 Å². The van der Waals surface area contributed by atoms with Crippen LogP contribution in [0.25, 0.3) is 0 Å². The van der Waals surface area contributed by atoms with Gasteiger partial charge >= 0.3 is 5.97 Å². The molecule has 0 saturated heterocycles. The largest absolute Gasteiger partial charge is 0.482 e. The number of carboxylic acid groups (broad SMARTS) is 1. The Bertz CT molecular complexity index is 1040. The lowest BCUT2D eigenvalue weighted by Gasteiger charge is -2.05. The quantitative estimate of drug-likeness (QED) is 0.476. The van der Waals surface area contributed by atoms with E-state index in [0.717, 1.165) is 15.8 Å². The highest BCUT2D eigenvalue weighted by Gasteiger charge is 2.18. The molecule has 3 aromatic rings. The molecule has 3 rings (SSSR count). The summed E-state index contributed by atoms with van der Waals surface area (Å²) < 4.78 is 5.90. The van der Waals surface area contributed by atoms with Crippen LogP contribution in [0.1, 0.15) is 19.6 Å². The Kier molecular flexibility index (Phi) is 6.52. The Labute approximate surface area is 176 Å². The second kappa shape index (κ2) is 9.26. The van der Waals surface area contributed by atoms with Gasteiger partial charge in [-0.05, 0) is 48.5 Å². The summed E-state index contributed by atoms with van der Waals surface area (Å²) in [6.07, 6.45) is 0. The van der Waals surface area contributed by atoms with Crippen LogP contribution >= 0.6 is 27.3 Å². The number of nitrogens with zero attached hydrogens (tertiary/aromatic N) is 2. The summed E-state index contributed by atoms with van der Waals surface area (Å²) >= 11 is 4.17. The van der Waals surface area contributed by atoms with Gasteiger partial charge in [0, 0.05) is 15.8 Å². The maximum Gasteiger partial charge on any atom is 0.341 e. The van der Waals surface area contributed by atoms with Gasteiger partial charge in [0.1, 0.15) is 5.75 Å². The highest BCUT2D eigenvalue weighted by atomic mass is 79.9. The van der Waals surface area contributed by atoms with Crippen LogP contribution in [-0.2, 0) is 4.79 Å². The standard InChI is InChI=1S/C18H13BrN4O5S/c19-10-1-3-11(4-2-10)20-15(26)17-22-23-18(29-17)16(27)21-12-5-7-13(8-6-12)28-9-14(24)25/h1-8H,9H2,(H,20,26)(H,21,27)(H,24,25). The molecule has 1 aromatic heterocycles. The first kappa shape index (κ1) is 20.4. The number of nitrogens with one attached hydrogen (secondary N) is 2. The Hall–Kier alpha value is -3.31. The molecule has 0 aliphatic heterocycles. The molecule has 0 bridgehead atoms. The number of carbonyl (C=O) groups is 3. The average Bonchev–Trinajstić information content (AvgIpc) is 3.20. The van der Waals surface area contributed by atoms with Crippen molar-refractivity contribution in [2.75, 3.05) is 17.2 Å². The first-order chi connectivity index (χ1) is 13.9. The van der Waals surface area contributed by atoms with E-state index in [1.165, 1.54) is 12.1 Å². The van der Waals surface area contributed by atoms with Gasteiger partial charge in [-0.15, -0.1) is 10.2 Å². The summed E-state index contributed by atoms with van der Waals surface area (Å²) in [7, 11) is 0. The molecule has 0 saturated carbocycles. The highest BCUT2D eigenvalue weighted by Crippen LogP contribution is 2.19. The molecule has 0 radical (unpaired) electrons. The second-order valence-electron chi connectivity index (χ2n) is 5.53. The highest BCUT2D eigenvalue weighted by molar-refractivity contribution is 9.10. The Balaban J connectivity index is 1.59. The number of aromatic nitrogens is 2. The first-order valence-electron chi connectivity index (χ1n) is 8.07. The van der Waals surface area contributed by atoms with E-state index in [1.807, 2.05) is 0 Å². The van der Waals surface area contributed by atoms with E-state index in [9.17, 15) is 14.4 Å². The monoisotopic (exact) mass is 476 g/mol. The van der Waals surface area contributed by atoms with Crippen molar-refractivity contribution in [3.05, 3.63) is 63.0 Å². The number of aliphatic carboxylic acids is 1. The van der Waals surface area contributed by atoms with E-state index in [1.54, 1.807) is 36.4 Å². The van der Waals surface area contributed by atoms with Crippen molar-refractivity contribution in [2.45, 2.75) is 0 Å². The van der Waals surface area contributed by atoms with Crippen molar-refractivity contribution in [3.8, 4) is 5.75 Å². The molecule has 3 N–H and O–H groups in total. The van der Waals surface area contributed by atoms with Crippen molar-refractivity contribution in [2.24, 2.45) is 0 Å². The van der Waals surface area contributed by atoms with Crippen molar-refractivity contribution < 1.29 is 24.2 Å². The van der Waals surface area contributed by atoms with Crippen LogP contribution in [0.5, 0.6) is 5.75 Å². The molecule has 0 unspecified atom stereocenters. The summed E-state index contributed by atoms with van der Waals surface area (Å²) in [6, 6.07) is 13.2. The third kappa shape index (κ3) is 5.83. The first-order valence-corrected chi connectivity index (χ1v) is 9.68. The molecular weight excluding hydrogens is 464 g/mol. The topological polar surface area (TPSA) is 131 Å². The fourth-order valence-electron chi connectivity index (χ4n) is 2.09. The van der Waals surface area contributed by atoms with E-state index < -0.39 is 24.4 Å². The molecular formula is C18H13BrN4O5S. The van der Waals surface area contributed by atoms with Gasteiger partial charge in [-0.1, -0.05) is 27.3 Å². The number of amides is 2. The van der Waals surface area contributed by atoms with Crippen LogP contribution in [0.3, 0.4) is 0 Å². The lowest BCUT2D eigenvalue weighted by atomic mass is 10.3. The number of hydrogen-bond acceptors (Lipinski definition) is 7. The number of ether oxygens (including phenoxy) is 1. The number of halogens is 1. The minimum absolute atomic E-state index is 0.0251. The zero-order chi connectivity index (χ0) is 20.8. The maximum atomic E-state index is 12.3. The minimum Gasteiger partial charge on any atom is -0.482 e. The normalized spacial score (nSPS) is 10.2. The van der Waals surface area contributed by atoms with Gasteiger partial charge in [0.05, 0.1) is 0 Å². The minimum atomic E-state index is -1.08. The average molecular weight is 477 g/mol. The van der Waals surface area contributed by atoms with Gasteiger partial charge in [-0.2, -0.15) is 0 Å². The third-order valence-corrected chi connectivity index (χ3v) is 4.84. The summed E-state index contributed by atoms with van der Waals surface area (Å²) in [5.74, 6) is -1.72. The van der Waals surface area contributed by atoms with Crippen molar-refractivity contribution >= 4 is 56.4 Å². The number of anilines is 2. The summed E-state index contributed by atoms with van der Waals surface area (Å²) in [5, 5.41) is 21.5. The number of hydrogen-bond donors (Lipinski definition) is 3. The lowest BCUT2D eigenvalue weighted by Crippen LogP contribution is -2.12. The van der Waals surface area contributed by atoms with E-state index in [2.05, 4.69) is 36.8 Å². The zero-order valence-electron chi connectivity index (χ0n) is 14.6. The van der Waals surface area contributed by atoms with E-state index in [4.69, 9.17) is 9.84 Å². The zero-order valence-corrected chi connectivity index (χ0v) is 17.0. The molecule has 2 aromatic carbocycles. The Morgan fingerprint density at radius 1 is 0.897 bits per heavy atom. The molecule has 1 heterocycles. The van der Waals surface area contributed by atoms with E-state index in [-0.39, 0.29) is 10.0 Å². The molecule has 0 atom stereocenters. The third-order valence-electron chi connectivity index (χ3n) is 3.39. The molecule has 0 spiro atoms.